The van der Waals surface area contributed by atoms with Crippen LogP contribution in [0.5, 0.6) is 11.5 Å². The number of halogens is 4. The Morgan fingerprint density at radius 3 is 2.55 bits per heavy atom. The summed E-state index contributed by atoms with van der Waals surface area (Å²) in [4.78, 5) is 10.00. The smallest absolute Gasteiger partial charge is 0.346 e. The largest absolute Gasteiger partial charge is 0.448 e. The van der Waals surface area contributed by atoms with Crippen molar-refractivity contribution in [2.75, 3.05) is 0 Å². The van der Waals surface area contributed by atoms with E-state index in [9.17, 15) is 14.5 Å². The van der Waals surface area contributed by atoms with Gasteiger partial charge < -0.3 is 4.74 Å². The zero-order valence-corrected chi connectivity index (χ0v) is 12.7. The Balaban J connectivity index is 2.48. The molecule has 0 radical (unpaired) electrons. The van der Waals surface area contributed by atoms with Crippen LogP contribution in [0.4, 0.5) is 10.1 Å². The Morgan fingerprint density at radius 1 is 1.20 bits per heavy atom. The molecule has 104 valence electrons. The Labute approximate surface area is 131 Å². The second kappa shape index (κ2) is 5.95. The summed E-state index contributed by atoms with van der Waals surface area (Å²) < 4.78 is 19.3. The Hall–Kier alpha value is -1.37. The number of nitro benzene ring substituents is 1. The quantitative estimate of drug-likeness (QED) is 0.396. The molecule has 0 amide bonds. The normalized spacial score (nSPS) is 10.4. The number of para-hydroxylation sites is 1. The predicted molar refractivity (Wildman–Crippen MR) is 77.3 cm³/mol. The number of rotatable bonds is 3. The molecular formula is C12H5BrCl2FNO3. The molecule has 0 N–H and O–H groups in total. The molecule has 0 aromatic heterocycles. The predicted octanol–water partition coefficient (Wildman–Crippen LogP) is 5.60. The van der Waals surface area contributed by atoms with Gasteiger partial charge in [-0.15, -0.1) is 0 Å². The lowest BCUT2D eigenvalue weighted by Gasteiger charge is -2.09. The molecule has 0 atom stereocenters. The van der Waals surface area contributed by atoms with Crippen molar-refractivity contribution in [2.24, 2.45) is 0 Å². The average Bonchev–Trinajstić information content (AvgIpc) is 2.35. The van der Waals surface area contributed by atoms with Gasteiger partial charge in [-0.1, -0.05) is 29.3 Å². The fourth-order valence-electron chi connectivity index (χ4n) is 1.46. The third kappa shape index (κ3) is 3.03. The number of nitrogens with zero attached hydrogens (tertiary/aromatic N) is 1. The van der Waals surface area contributed by atoms with Crippen LogP contribution in [0.2, 0.25) is 10.0 Å². The highest BCUT2D eigenvalue weighted by Gasteiger charge is 2.22. The molecule has 0 aliphatic carbocycles. The fourth-order valence-corrected chi connectivity index (χ4v) is 2.29. The number of hydrogen-bond acceptors (Lipinski definition) is 3. The summed E-state index contributed by atoms with van der Waals surface area (Å²) >= 11 is 15.0. The monoisotopic (exact) mass is 379 g/mol. The SMILES string of the molecule is O=[N+]([O-])c1c(F)cccc1Oc1cc(Cl)c(Br)cc1Cl. The maximum Gasteiger partial charge on any atom is 0.346 e. The summed E-state index contributed by atoms with van der Waals surface area (Å²) in [6, 6.07) is 6.40. The molecule has 0 unspecified atom stereocenters. The van der Waals surface area contributed by atoms with E-state index in [0.717, 1.165) is 6.07 Å². The molecule has 0 fully saturated rings. The molecule has 2 rings (SSSR count). The first kappa shape index (κ1) is 15.0. The van der Waals surface area contributed by atoms with Crippen molar-refractivity contribution in [3.63, 3.8) is 0 Å². The maximum absolute atomic E-state index is 13.5. The molecule has 0 aliphatic rings. The molecule has 0 heterocycles. The van der Waals surface area contributed by atoms with Gasteiger partial charge in [0.15, 0.2) is 0 Å². The number of hydrogen-bond donors (Lipinski definition) is 0. The van der Waals surface area contributed by atoms with Crippen molar-refractivity contribution in [1.29, 1.82) is 0 Å². The highest BCUT2D eigenvalue weighted by Crippen LogP contribution is 2.39. The molecule has 2 aromatic carbocycles. The molecule has 2 aromatic rings. The van der Waals surface area contributed by atoms with E-state index < -0.39 is 16.4 Å². The molecule has 0 spiro atoms. The minimum Gasteiger partial charge on any atom is -0.448 e. The average molecular weight is 381 g/mol. The lowest BCUT2D eigenvalue weighted by Crippen LogP contribution is -1.97. The Morgan fingerprint density at radius 2 is 1.90 bits per heavy atom. The van der Waals surface area contributed by atoms with Crippen molar-refractivity contribution in [3.05, 3.63) is 60.8 Å². The van der Waals surface area contributed by atoms with Gasteiger partial charge in [-0.05, 0) is 34.1 Å². The van der Waals surface area contributed by atoms with Gasteiger partial charge in [0.2, 0.25) is 11.6 Å². The maximum atomic E-state index is 13.5. The Bertz CT molecular complexity index is 697. The van der Waals surface area contributed by atoms with Crippen molar-refractivity contribution in [3.8, 4) is 11.5 Å². The van der Waals surface area contributed by atoms with Crippen LogP contribution in [0.3, 0.4) is 0 Å². The van der Waals surface area contributed by atoms with Crippen LogP contribution < -0.4 is 4.74 Å². The molecule has 0 aliphatic heterocycles. The number of ether oxygens (including phenoxy) is 1. The van der Waals surface area contributed by atoms with E-state index in [-0.39, 0.29) is 16.5 Å². The van der Waals surface area contributed by atoms with Crippen LogP contribution >= 0.6 is 39.1 Å². The first-order valence-corrected chi connectivity index (χ1v) is 6.70. The van der Waals surface area contributed by atoms with Crippen LogP contribution in [0.25, 0.3) is 0 Å². The van der Waals surface area contributed by atoms with Crippen LogP contribution in [0.15, 0.2) is 34.8 Å². The molecule has 0 bridgehead atoms. The lowest BCUT2D eigenvalue weighted by molar-refractivity contribution is -0.388. The summed E-state index contributed by atoms with van der Waals surface area (Å²) in [7, 11) is 0. The van der Waals surface area contributed by atoms with E-state index in [2.05, 4.69) is 15.9 Å². The van der Waals surface area contributed by atoms with Crippen LogP contribution in [-0.2, 0) is 0 Å². The third-order valence-electron chi connectivity index (χ3n) is 2.33. The zero-order chi connectivity index (χ0) is 14.9. The third-order valence-corrected chi connectivity index (χ3v) is 3.82. The van der Waals surface area contributed by atoms with Crippen LogP contribution in [0, 0.1) is 15.9 Å². The highest BCUT2D eigenvalue weighted by atomic mass is 79.9. The van der Waals surface area contributed by atoms with E-state index in [1.807, 2.05) is 0 Å². The fraction of sp³-hybridized carbons (Fsp3) is 0. The summed E-state index contributed by atoms with van der Waals surface area (Å²) in [5.74, 6) is -1.16. The first-order valence-electron chi connectivity index (χ1n) is 5.15. The van der Waals surface area contributed by atoms with Gasteiger partial charge in [0, 0.05) is 10.5 Å². The van der Waals surface area contributed by atoms with Gasteiger partial charge in [-0.2, -0.15) is 4.39 Å². The highest BCUT2D eigenvalue weighted by molar-refractivity contribution is 9.10. The van der Waals surface area contributed by atoms with E-state index in [1.54, 1.807) is 0 Å². The number of benzene rings is 2. The van der Waals surface area contributed by atoms with Crippen molar-refractivity contribution < 1.29 is 14.1 Å². The second-order valence-corrected chi connectivity index (χ2v) is 5.31. The van der Waals surface area contributed by atoms with Crippen molar-refractivity contribution in [2.45, 2.75) is 0 Å². The molecule has 8 heteroatoms. The summed E-state index contributed by atoms with van der Waals surface area (Å²) in [6.07, 6.45) is 0. The van der Waals surface area contributed by atoms with Gasteiger partial charge in [0.1, 0.15) is 5.75 Å². The summed E-state index contributed by atoms with van der Waals surface area (Å²) in [6.45, 7) is 0. The zero-order valence-electron chi connectivity index (χ0n) is 9.57. The minimum atomic E-state index is -0.994. The van der Waals surface area contributed by atoms with Crippen molar-refractivity contribution >= 4 is 44.8 Å². The topological polar surface area (TPSA) is 52.4 Å². The summed E-state index contributed by atoms with van der Waals surface area (Å²) in [5.41, 5.74) is -0.761. The molecule has 4 nitrogen and oxygen atoms in total. The standard InChI is InChI=1S/C12H5BrCl2FNO3/c13-6-4-8(15)11(5-7(6)14)20-10-3-1-2-9(16)12(10)17(18)19/h1-5H. The first-order chi connectivity index (χ1) is 9.40. The second-order valence-electron chi connectivity index (χ2n) is 3.64. The van der Waals surface area contributed by atoms with E-state index in [0.29, 0.717) is 9.50 Å². The van der Waals surface area contributed by atoms with Gasteiger partial charge in [0.05, 0.1) is 15.0 Å². The number of nitro groups is 1. The van der Waals surface area contributed by atoms with Gasteiger partial charge in [-0.3, -0.25) is 10.1 Å². The molecule has 0 saturated heterocycles. The van der Waals surface area contributed by atoms with Gasteiger partial charge in [-0.25, -0.2) is 0 Å². The molecule has 20 heavy (non-hydrogen) atoms. The Kier molecular flexibility index (Phi) is 4.47. The van der Waals surface area contributed by atoms with E-state index in [4.69, 9.17) is 27.9 Å². The van der Waals surface area contributed by atoms with Gasteiger partial charge in [0.25, 0.3) is 0 Å². The minimum absolute atomic E-state index is 0.0913. The van der Waals surface area contributed by atoms with Crippen LogP contribution in [-0.4, -0.2) is 4.92 Å². The van der Waals surface area contributed by atoms with Crippen molar-refractivity contribution in [1.82, 2.24) is 0 Å². The van der Waals surface area contributed by atoms with E-state index in [1.165, 1.54) is 24.3 Å². The van der Waals surface area contributed by atoms with Crippen LogP contribution in [0.1, 0.15) is 0 Å². The molecular weight excluding hydrogens is 376 g/mol. The van der Waals surface area contributed by atoms with Gasteiger partial charge >= 0.3 is 5.69 Å². The molecule has 0 saturated carbocycles. The summed E-state index contributed by atoms with van der Waals surface area (Å²) in [5, 5.41) is 11.3. The van der Waals surface area contributed by atoms with E-state index >= 15 is 0 Å². The lowest BCUT2D eigenvalue weighted by atomic mass is 10.3.